The monoisotopic (exact) mass is 305 g/mol. The molecule has 0 aliphatic rings. The van der Waals surface area contributed by atoms with Crippen LogP contribution in [0.15, 0.2) is 18.2 Å². The summed E-state index contributed by atoms with van der Waals surface area (Å²) < 4.78 is 38.1. The third kappa shape index (κ3) is 4.93. The molecule has 0 bridgehead atoms. The number of hydrogen-bond donors (Lipinski definition) is 3. The number of aromatic carboxylic acids is 1. The van der Waals surface area contributed by atoms with Gasteiger partial charge in [0.15, 0.2) is 0 Å². The van der Waals surface area contributed by atoms with Gasteiger partial charge in [0.05, 0.1) is 11.1 Å². The molecule has 0 heterocycles. The number of rotatable bonds is 7. The van der Waals surface area contributed by atoms with Gasteiger partial charge >= 0.3 is 12.1 Å². The van der Waals surface area contributed by atoms with Crippen LogP contribution in [0, 0.1) is 5.92 Å². The normalized spacial score (nSPS) is 13.0. The Kier molecular flexibility index (Phi) is 6.02. The molecule has 0 aromatic heterocycles. The third-order valence-corrected chi connectivity index (χ3v) is 3.26. The molecule has 1 aromatic carbocycles. The molecule has 3 N–H and O–H groups in total. The van der Waals surface area contributed by atoms with Gasteiger partial charge in [-0.2, -0.15) is 13.2 Å². The second-order valence-electron chi connectivity index (χ2n) is 4.73. The van der Waals surface area contributed by atoms with Crippen LogP contribution >= 0.6 is 0 Å². The highest BCUT2D eigenvalue weighted by Gasteiger charge is 2.35. The van der Waals surface area contributed by atoms with E-state index < -0.39 is 23.3 Å². The maximum Gasteiger partial charge on any atom is 0.417 e. The summed E-state index contributed by atoms with van der Waals surface area (Å²) in [4.78, 5) is 11.0. The summed E-state index contributed by atoms with van der Waals surface area (Å²) >= 11 is 0. The van der Waals surface area contributed by atoms with Gasteiger partial charge in [-0.05, 0) is 30.5 Å². The molecule has 0 aliphatic carbocycles. The Labute approximate surface area is 120 Å². The molecule has 0 amide bonds. The van der Waals surface area contributed by atoms with Crippen LogP contribution in [0.25, 0.3) is 0 Å². The summed E-state index contributed by atoms with van der Waals surface area (Å²) in [6.45, 7) is 2.44. The number of hydrogen-bond acceptors (Lipinski definition) is 3. The Hall–Kier alpha value is -1.76. The molecule has 0 spiro atoms. The zero-order valence-corrected chi connectivity index (χ0v) is 11.6. The number of carboxylic acids is 1. The maximum atomic E-state index is 12.7. The van der Waals surface area contributed by atoms with Crippen molar-refractivity contribution in [1.29, 1.82) is 0 Å². The Morgan fingerprint density at radius 3 is 2.52 bits per heavy atom. The highest BCUT2D eigenvalue weighted by Crippen LogP contribution is 2.33. The Bertz CT molecular complexity index is 489. The van der Waals surface area contributed by atoms with Gasteiger partial charge in [0.1, 0.15) is 0 Å². The van der Waals surface area contributed by atoms with Crippen molar-refractivity contribution in [3.8, 4) is 0 Å². The second-order valence-corrected chi connectivity index (χ2v) is 4.73. The van der Waals surface area contributed by atoms with E-state index in [1.807, 2.05) is 6.92 Å². The average Bonchev–Trinajstić information content (AvgIpc) is 2.42. The van der Waals surface area contributed by atoms with Crippen LogP contribution in [0.1, 0.15) is 35.7 Å². The standard InChI is InChI=1S/C14H18F3NO3/c1-2-9(5-6-19)8-18-10-3-4-12(14(15,16)17)11(7-10)13(20)21/h3-4,7,9,18-19H,2,5-6,8H2,1H3,(H,20,21). The second kappa shape index (κ2) is 7.31. The molecule has 21 heavy (non-hydrogen) atoms. The van der Waals surface area contributed by atoms with E-state index in [2.05, 4.69) is 5.32 Å². The predicted molar refractivity (Wildman–Crippen MR) is 72.4 cm³/mol. The van der Waals surface area contributed by atoms with E-state index in [9.17, 15) is 18.0 Å². The van der Waals surface area contributed by atoms with E-state index >= 15 is 0 Å². The van der Waals surface area contributed by atoms with Crippen molar-refractivity contribution in [2.24, 2.45) is 5.92 Å². The highest BCUT2D eigenvalue weighted by atomic mass is 19.4. The lowest BCUT2D eigenvalue weighted by atomic mass is 10.0. The molecular weight excluding hydrogens is 287 g/mol. The minimum atomic E-state index is -4.70. The zero-order chi connectivity index (χ0) is 16.0. The van der Waals surface area contributed by atoms with E-state index in [0.717, 1.165) is 18.6 Å². The molecule has 7 heteroatoms. The van der Waals surface area contributed by atoms with E-state index in [4.69, 9.17) is 10.2 Å². The first kappa shape index (κ1) is 17.3. The fraction of sp³-hybridized carbons (Fsp3) is 0.500. The van der Waals surface area contributed by atoms with Crippen molar-refractivity contribution in [3.05, 3.63) is 29.3 Å². The number of halogens is 3. The molecule has 1 aromatic rings. The molecule has 0 aliphatic heterocycles. The summed E-state index contributed by atoms with van der Waals surface area (Å²) in [7, 11) is 0. The lowest BCUT2D eigenvalue weighted by Gasteiger charge is -2.17. The lowest BCUT2D eigenvalue weighted by Crippen LogP contribution is -2.17. The highest BCUT2D eigenvalue weighted by molar-refractivity contribution is 5.91. The summed E-state index contributed by atoms with van der Waals surface area (Å²) in [5.41, 5.74) is -1.62. The molecule has 0 saturated carbocycles. The molecular formula is C14H18F3NO3. The van der Waals surface area contributed by atoms with E-state index in [0.29, 0.717) is 18.7 Å². The molecule has 1 unspecified atom stereocenters. The SMILES string of the molecule is CCC(CCO)CNc1ccc(C(F)(F)F)c(C(=O)O)c1. The van der Waals surface area contributed by atoms with Crippen molar-refractivity contribution in [1.82, 2.24) is 0 Å². The molecule has 1 atom stereocenters. The number of aliphatic hydroxyl groups excluding tert-OH is 1. The number of carbonyl (C=O) groups is 1. The van der Waals surface area contributed by atoms with Crippen LogP contribution in [-0.4, -0.2) is 29.3 Å². The van der Waals surface area contributed by atoms with E-state index in [-0.39, 0.29) is 12.5 Å². The van der Waals surface area contributed by atoms with Crippen molar-refractivity contribution in [2.45, 2.75) is 25.9 Å². The number of carboxylic acid groups (broad SMARTS) is 1. The number of alkyl halides is 3. The first-order valence-corrected chi connectivity index (χ1v) is 6.58. The summed E-state index contributed by atoms with van der Waals surface area (Å²) in [5.74, 6) is -1.45. The topological polar surface area (TPSA) is 69.6 Å². The molecule has 0 fully saturated rings. The first-order chi connectivity index (χ1) is 9.79. The maximum absolute atomic E-state index is 12.7. The van der Waals surface area contributed by atoms with Gasteiger partial charge in [-0.25, -0.2) is 4.79 Å². The van der Waals surface area contributed by atoms with Crippen LogP contribution in [0.3, 0.4) is 0 Å². The van der Waals surface area contributed by atoms with Gasteiger partial charge in [-0.1, -0.05) is 13.3 Å². The molecule has 1 rings (SSSR count). The van der Waals surface area contributed by atoms with Gasteiger partial charge in [0.2, 0.25) is 0 Å². The zero-order valence-electron chi connectivity index (χ0n) is 11.6. The fourth-order valence-corrected chi connectivity index (χ4v) is 1.97. The van der Waals surface area contributed by atoms with Crippen LogP contribution in [0.4, 0.5) is 18.9 Å². The largest absolute Gasteiger partial charge is 0.478 e. The minimum Gasteiger partial charge on any atom is -0.478 e. The van der Waals surface area contributed by atoms with Crippen molar-refractivity contribution in [2.75, 3.05) is 18.5 Å². The van der Waals surface area contributed by atoms with Crippen LogP contribution in [0.5, 0.6) is 0 Å². The smallest absolute Gasteiger partial charge is 0.417 e. The first-order valence-electron chi connectivity index (χ1n) is 6.58. The third-order valence-electron chi connectivity index (χ3n) is 3.26. The number of anilines is 1. The fourth-order valence-electron chi connectivity index (χ4n) is 1.97. The lowest BCUT2D eigenvalue weighted by molar-refractivity contribution is -0.138. The number of aliphatic hydroxyl groups is 1. The van der Waals surface area contributed by atoms with Gasteiger partial charge < -0.3 is 15.5 Å². The quantitative estimate of drug-likeness (QED) is 0.723. The Morgan fingerprint density at radius 2 is 2.05 bits per heavy atom. The molecule has 118 valence electrons. The summed E-state index contributed by atoms with van der Waals surface area (Å²) in [5, 5.41) is 20.7. The van der Waals surface area contributed by atoms with E-state index in [1.165, 1.54) is 6.07 Å². The van der Waals surface area contributed by atoms with Crippen LogP contribution in [0.2, 0.25) is 0 Å². The van der Waals surface area contributed by atoms with Crippen molar-refractivity contribution >= 4 is 11.7 Å². The summed E-state index contributed by atoms with van der Waals surface area (Å²) in [6.07, 6.45) is -3.31. The minimum absolute atomic E-state index is 0.0353. The van der Waals surface area contributed by atoms with Gasteiger partial charge in [0.25, 0.3) is 0 Å². The molecule has 0 radical (unpaired) electrons. The predicted octanol–water partition coefficient (Wildman–Crippen LogP) is 3.22. The van der Waals surface area contributed by atoms with Crippen molar-refractivity contribution in [3.63, 3.8) is 0 Å². The van der Waals surface area contributed by atoms with Gasteiger partial charge in [-0.15, -0.1) is 0 Å². The van der Waals surface area contributed by atoms with Gasteiger partial charge in [0, 0.05) is 18.8 Å². The van der Waals surface area contributed by atoms with Crippen LogP contribution in [-0.2, 0) is 6.18 Å². The van der Waals surface area contributed by atoms with Crippen molar-refractivity contribution < 1.29 is 28.2 Å². The molecule has 0 saturated heterocycles. The average molecular weight is 305 g/mol. The van der Waals surface area contributed by atoms with Gasteiger partial charge in [-0.3, -0.25) is 0 Å². The Morgan fingerprint density at radius 1 is 1.38 bits per heavy atom. The Balaban J connectivity index is 2.91. The number of benzene rings is 1. The number of nitrogens with one attached hydrogen (secondary N) is 1. The van der Waals surface area contributed by atoms with E-state index in [1.54, 1.807) is 0 Å². The van der Waals surface area contributed by atoms with Crippen LogP contribution < -0.4 is 5.32 Å². The summed E-state index contributed by atoms with van der Waals surface area (Å²) in [6, 6.07) is 2.95. The molecule has 4 nitrogen and oxygen atoms in total.